The van der Waals surface area contributed by atoms with Gasteiger partial charge in [-0.05, 0) is 50.2 Å². The van der Waals surface area contributed by atoms with Crippen molar-refractivity contribution in [3.05, 3.63) is 54.1 Å². The van der Waals surface area contributed by atoms with Crippen LogP contribution in [0.15, 0.2) is 42.5 Å². The monoisotopic (exact) mass is 321 g/mol. The van der Waals surface area contributed by atoms with Gasteiger partial charge in [0.15, 0.2) is 18.2 Å². The Kier molecular flexibility index (Phi) is 5.51. The zero-order valence-corrected chi connectivity index (χ0v) is 12.8. The van der Waals surface area contributed by atoms with Crippen LogP contribution in [0.3, 0.4) is 0 Å². The number of nitrogens with one attached hydrogen (secondary N) is 1. The van der Waals surface area contributed by atoms with Crippen molar-refractivity contribution in [3.63, 3.8) is 0 Å². The molecule has 2 rings (SSSR count). The zero-order valence-electron chi connectivity index (χ0n) is 12.8. The minimum atomic E-state index is -0.854. The molecule has 0 spiro atoms. The van der Waals surface area contributed by atoms with E-state index >= 15 is 0 Å². The molecule has 0 heterocycles. The smallest absolute Gasteiger partial charge is 0.262 e. The molecule has 0 aliphatic rings. The maximum atomic E-state index is 13.4. The van der Waals surface area contributed by atoms with Crippen molar-refractivity contribution in [1.82, 2.24) is 0 Å². The fourth-order valence-corrected chi connectivity index (χ4v) is 1.82. The van der Waals surface area contributed by atoms with Gasteiger partial charge in [0, 0.05) is 11.8 Å². The second-order valence-electron chi connectivity index (χ2n) is 5.10. The summed E-state index contributed by atoms with van der Waals surface area (Å²) >= 11 is 0. The van der Waals surface area contributed by atoms with Crippen molar-refractivity contribution in [2.75, 3.05) is 11.9 Å². The third kappa shape index (κ3) is 5.25. The van der Waals surface area contributed by atoms with Gasteiger partial charge in [-0.3, -0.25) is 4.79 Å². The maximum absolute atomic E-state index is 13.4. The summed E-state index contributed by atoms with van der Waals surface area (Å²) in [7, 11) is 0. The van der Waals surface area contributed by atoms with Gasteiger partial charge in [-0.2, -0.15) is 0 Å². The van der Waals surface area contributed by atoms with Crippen LogP contribution in [0.2, 0.25) is 0 Å². The Morgan fingerprint density at radius 1 is 1.13 bits per heavy atom. The third-order valence-corrected chi connectivity index (χ3v) is 2.76. The number of rotatable bonds is 6. The van der Waals surface area contributed by atoms with Crippen molar-refractivity contribution >= 4 is 11.6 Å². The van der Waals surface area contributed by atoms with Gasteiger partial charge in [0.05, 0.1) is 6.10 Å². The second kappa shape index (κ2) is 7.58. The Labute approximate surface area is 133 Å². The number of hydrogen-bond acceptors (Lipinski definition) is 3. The molecule has 1 N–H and O–H groups in total. The second-order valence-corrected chi connectivity index (χ2v) is 5.10. The Morgan fingerprint density at radius 2 is 1.83 bits per heavy atom. The van der Waals surface area contributed by atoms with Crippen LogP contribution in [0.25, 0.3) is 0 Å². The largest absolute Gasteiger partial charge is 0.491 e. The lowest BCUT2D eigenvalue weighted by atomic mass is 10.3. The highest BCUT2D eigenvalue weighted by Gasteiger charge is 2.08. The van der Waals surface area contributed by atoms with E-state index < -0.39 is 17.5 Å². The van der Waals surface area contributed by atoms with E-state index in [-0.39, 0.29) is 18.5 Å². The first-order valence-corrected chi connectivity index (χ1v) is 7.08. The molecule has 1 amide bonds. The molecular formula is C17H17F2NO3. The van der Waals surface area contributed by atoms with Crippen LogP contribution in [-0.2, 0) is 4.79 Å². The van der Waals surface area contributed by atoms with Crippen LogP contribution in [0.1, 0.15) is 13.8 Å². The Hall–Kier alpha value is -2.63. The summed E-state index contributed by atoms with van der Waals surface area (Å²) in [6, 6.07) is 9.73. The first kappa shape index (κ1) is 16.7. The van der Waals surface area contributed by atoms with E-state index in [0.29, 0.717) is 17.5 Å². The van der Waals surface area contributed by atoms with Crippen molar-refractivity contribution in [3.8, 4) is 11.5 Å². The number of benzene rings is 2. The maximum Gasteiger partial charge on any atom is 0.262 e. The Bertz CT molecular complexity index is 672. The molecule has 0 fully saturated rings. The predicted molar refractivity (Wildman–Crippen MR) is 82.7 cm³/mol. The van der Waals surface area contributed by atoms with Gasteiger partial charge in [-0.15, -0.1) is 0 Å². The molecule has 0 saturated heterocycles. The van der Waals surface area contributed by atoms with Gasteiger partial charge in [0.25, 0.3) is 5.91 Å². The fourth-order valence-electron chi connectivity index (χ4n) is 1.82. The van der Waals surface area contributed by atoms with Crippen LogP contribution in [0.5, 0.6) is 11.5 Å². The molecular weight excluding hydrogens is 304 g/mol. The first-order valence-electron chi connectivity index (χ1n) is 7.08. The van der Waals surface area contributed by atoms with Gasteiger partial charge < -0.3 is 14.8 Å². The van der Waals surface area contributed by atoms with Crippen molar-refractivity contribution in [1.29, 1.82) is 0 Å². The molecule has 0 aromatic heterocycles. The zero-order chi connectivity index (χ0) is 16.8. The molecule has 0 bridgehead atoms. The third-order valence-electron chi connectivity index (χ3n) is 2.76. The average Bonchev–Trinajstić information content (AvgIpc) is 2.48. The lowest BCUT2D eigenvalue weighted by molar-refractivity contribution is -0.118. The van der Waals surface area contributed by atoms with E-state index in [1.165, 1.54) is 0 Å². The number of carbonyl (C=O) groups is 1. The normalized spacial score (nSPS) is 10.5. The predicted octanol–water partition coefficient (Wildman–Crippen LogP) is 3.77. The standard InChI is InChI=1S/C17H17F2NO3/c1-11(2)23-14-6-4-13(5-7-14)20-17(21)10-22-16-8-3-12(18)9-15(16)19/h3-9,11H,10H2,1-2H3,(H,20,21). The molecule has 6 heteroatoms. The van der Waals surface area contributed by atoms with E-state index in [0.717, 1.165) is 12.1 Å². The molecule has 0 saturated carbocycles. The molecule has 122 valence electrons. The Morgan fingerprint density at radius 3 is 2.43 bits per heavy atom. The van der Waals surface area contributed by atoms with E-state index in [4.69, 9.17) is 9.47 Å². The van der Waals surface area contributed by atoms with Gasteiger partial charge in [0.2, 0.25) is 0 Å². The Balaban J connectivity index is 1.87. The number of carbonyl (C=O) groups excluding carboxylic acids is 1. The number of anilines is 1. The van der Waals surface area contributed by atoms with Gasteiger partial charge >= 0.3 is 0 Å². The molecule has 2 aromatic carbocycles. The summed E-state index contributed by atoms with van der Waals surface area (Å²) in [5.74, 6) is -1.49. The van der Waals surface area contributed by atoms with E-state index in [2.05, 4.69) is 5.32 Å². The minimum absolute atomic E-state index is 0.0643. The molecule has 2 aromatic rings. The number of hydrogen-bond donors (Lipinski definition) is 1. The lowest BCUT2D eigenvalue weighted by Crippen LogP contribution is -2.20. The van der Waals surface area contributed by atoms with Gasteiger partial charge in [-0.1, -0.05) is 0 Å². The van der Waals surface area contributed by atoms with Crippen molar-refractivity contribution in [2.24, 2.45) is 0 Å². The molecule has 0 unspecified atom stereocenters. The van der Waals surface area contributed by atoms with E-state index in [1.54, 1.807) is 24.3 Å². The molecule has 0 radical (unpaired) electrons. The SMILES string of the molecule is CC(C)Oc1ccc(NC(=O)COc2ccc(F)cc2F)cc1. The van der Waals surface area contributed by atoms with Crippen LogP contribution < -0.4 is 14.8 Å². The molecule has 0 atom stereocenters. The summed E-state index contributed by atoms with van der Waals surface area (Å²) in [5, 5.41) is 2.61. The topological polar surface area (TPSA) is 47.6 Å². The van der Waals surface area contributed by atoms with Crippen molar-refractivity contribution < 1.29 is 23.0 Å². The number of amides is 1. The van der Waals surface area contributed by atoms with Crippen LogP contribution in [-0.4, -0.2) is 18.6 Å². The summed E-state index contributed by atoms with van der Waals surface area (Å²) in [6.07, 6.45) is 0.0643. The summed E-state index contributed by atoms with van der Waals surface area (Å²) in [4.78, 5) is 11.8. The lowest BCUT2D eigenvalue weighted by Gasteiger charge is -2.11. The molecule has 23 heavy (non-hydrogen) atoms. The number of ether oxygens (including phenoxy) is 2. The highest BCUT2D eigenvalue weighted by molar-refractivity contribution is 5.91. The van der Waals surface area contributed by atoms with Crippen molar-refractivity contribution in [2.45, 2.75) is 20.0 Å². The van der Waals surface area contributed by atoms with E-state index in [9.17, 15) is 13.6 Å². The first-order chi connectivity index (χ1) is 10.9. The van der Waals surface area contributed by atoms with Crippen LogP contribution in [0, 0.1) is 11.6 Å². The summed E-state index contributed by atoms with van der Waals surface area (Å²) < 4.78 is 36.6. The fraction of sp³-hybridized carbons (Fsp3) is 0.235. The molecule has 4 nitrogen and oxygen atoms in total. The number of halogens is 2. The molecule has 0 aliphatic carbocycles. The summed E-state index contributed by atoms with van der Waals surface area (Å²) in [5.41, 5.74) is 0.564. The van der Waals surface area contributed by atoms with E-state index in [1.807, 2.05) is 13.8 Å². The van der Waals surface area contributed by atoms with Gasteiger partial charge in [-0.25, -0.2) is 8.78 Å². The average molecular weight is 321 g/mol. The van der Waals surface area contributed by atoms with Crippen LogP contribution >= 0.6 is 0 Å². The van der Waals surface area contributed by atoms with Gasteiger partial charge in [0.1, 0.15) is 11.6 Å². The quantitative estimate of drug-likeness (QED) is 0.881. The minimum Gasteiger partial charge on any atom is -0.491 e. The highest BCUT2D eigenvalue weighted by atomic mass is 19.1. The summed E-state index contributed by atoms with van der Waals surface area (Å²) in [6.45, 7) is 3.45. The van der Waals surface area contributed by atoms with Crippen LogP contribution in [0.4, 0.5) is 14.5 Å². The molecule has 0 aliphatic heterocycles. The highest BCUT2D eigenvalue weighted by Crippen LogP contribution is 2.18.